The topological polar surface area (TPSA) is 24.9 Å². The summed E-state index contributed by atoms with van der Waals surface area (Å²) in [5.41, 5.74) is 1.08. The minimum Gasteiger partial charge on any atom is -0.310 e. The zero-order valence-corrected chi connectivity index (χ0v) is 13.4. The van der Waals surface area contributed by atoms with Crippen molar-refractivity contribution >= 4 is 38.9 Å². The van der Waals surface area contributed by atoms with Gasteiger partial charge < -0.3 is 5.32 Å². The Morgan fingerprint density at radius 3 is 2.94 bits per heavy atom. The van der Waals surface area contributed by atoms with Crippen LogP contribution in [-0.2, 0) is 0 Å². The molecule has 1 aromatic carbocycles. The summed E-state index contributed by atoms with van der Waals surface area (Å²) >= 11 is 11.2. The number of aromatic nitrogens is 1. The lowest BCUT2D eigenvalue weighted by atomic mass is 10.2. The van der Waals surface area contributed by atoms with Crippen molar-refractivity contribution in [2.45, 2.75) is 19.9 Å². The van der Waals surface area contributed by atoms with Crippen LogP contribution < -0.4 is 5.32 Å². The molecule has 1 N–H and O–H groups in total. The van der Waals surface area contributed by atoms with Gasteiger partial charge in [-0.3, -0.25) is 0 Å². The van der Waals surface area contributed by atoms with E-state index in [4.69, 9.17) is 11.6 Å². The molecule has 0 amide bonds. The van der Waals surface area contributed by atoms with E-state index in [2.05, 4.69) is 40.1 Å². The molecule has 0 spiro atoms. The van der Waals surface area contributed by atoms with Gasteiger partial charge in [0.25, 0.3) is 0 Å². The first-order valence-corrected chi connectivity index (χ1v) is 7.75. The van der Waals surface area contributed by atoms with E-state index < -0.39 is 0 Å². The summed E-state index contributed by atoms with van der Waals surface area (Å²) in [5, 5.41) is 5.13. The number of halogens is 2. The van der Waals surface area contributed by atoms with Crippen LogP contribution in [0.15, 0.2) is 28.9 Å². The second-order valence-corrected chi connectivity index (χ2v) is 6.32. The van der Waals surface area contributed by atoms with E-state index in [0.29, 0.717) is 6.04 Å². The highest BCUT2D eigenvalue weighted by Crippen LogP contribution is 2.34. The fourth-order valence-electron chi connectivity index (χ4n) is 1.68. The number of nitrogens with zero attached hydrogens (tertiary/aromatic N) is 1. The molecule has 1 atom stereocenters. The Bertz CT molecular complexity index is 542. The molecule has 1 aromatic heterocycles. The molecule has 0 radical (unpaired) electrons. The summed E-state index contributed by atoms with van der Waals surface area (Å²) in [6, 6.07) is 6.11. The predicted molar refractivity (Wildman–Crippen MR) is 82.4 cm³/mol. The fraction of sp³-hybridized carbons (Fsp3) is 0.308. The zero-order valence-electron chi connectivity index (χ0n) is 10.2. The maximum atomic E-state index is 5.94. The quantitative estimate of drug-likeness (QED) is 0.852. The lowest BCUT2D eigenvalue weighted by Crippen LogP contribution is -2.16. The highest BCUT2D eigenvalue weighted by molar-refractivity contribution is 9.10. The van der Waals surface area contributed by atoms with Crippen LogP contribution in [0.3, 0.4) is 0 Å². The van der Waals surface area contributed by atoms with Gasteiger partial charge in [0, 0.05) is 32.2 Å². The maximum Gasteiger partial charge on any atom is 0.124 e. The third-order valence-corrected chi connectivity index (χ3v) is 4.73. The van der Waals surface area contributed by atoms with Gasteiger partial charge in [0.2, 0.25) is 0 Å². The minimum absolute atomic E-state index is 0.340. The Morgan fingerprint density at radius 2 is 2.28 bits per heavy atom. The van der Waals surface area contributed by atoms with Crippen LogP contribution in [0.5, 0.6) is 0 Å². The van der Waals surface area contributed by atoms with Crippen LogP contribution in [0, 0.1) is 0 Å². The average molecular weight is 346 g/mol. The summed E-state index contributed by atoms with van der Waals surface area (Å²) in [6.45, 7) is 5.21. The molecular weight excluding hydrogens is 332 g/mol. The Hall–Kier alpha value is -0.420. The Balaban J connectivity index is 2.29. The first-order valence-electron chi connectivity index (χ1n) is 5.76. The summed E-state index contributed by atoms with van der Waals surface area (Å²) < 4.78 is 0.979. The molecule has 0 aliphatic rings. The lowest BCUT2D eigenvalue weighted by molar-refractivity contribution is 0.606. The molecule has 18 heavy (non-hydrogen) atoms. The molecule has 5 heteroatoms. The fourth-order valence-corrected chi connectivity index (χ4v) is 3.66. The van der Waals surface area contributed by atoms with Crippen LogP contribution in [0.2, 0.25) is 5.02 Å². The van der Waals surface area contributed by atoms with Gasteiger partial charge in [0.1, 0.15) is 5.01 Å². The van der Waals surface area contributed by atoms with Gasteiger partial charge in [-0.25, -0.2) is 4.98 Å². The summed E-state index contributed by atoms with van der Waals surface area (Å²) in [6.07, 6.45) is 1.94. The van der Waals surface area contributed by atoms with Crippen molar-refractivity contribution in [1.82, 2.24) is 10.3 Å². The third kappa shape index (κ3) is 3.12. The number of thiazole rings is 1. The molecule has 0 aliphatic carbocycles. The van der Waals surface area contributed by atoms with E-state index in [1.165, 1.54) is 4.88 Å². The average Bonchev–Trinajstić information content (AvgIpc) is 2.78. The SMILES string of the molecule is CCNC(C)c1cnc(-c2ccc(Cl)cc2Br)s1. The predicted octanol–water partition coefficient (Wildman–Crippen LogP) is 4.90. The first-order chi connectivity index (χ1) is 8.61. The number of hydrogen-bond acceptors (Lipinski definition) is 3. The smallest absolute Gasteiger partial charge is 0.124 e. The summed E-state index contributed by atoms with van der Waals surface area (Å²) in [7, 11) is 0. The highest BCUT2D eigenvalue weighted by atomic mass is 79.9. The van der Waals surface area contributed by atoms with Crippen molar-refractivity contribution in [2.75, 3.05) is 6.54 Å². The molecule has 96 valence electrons. The van der Waals surface area contributed by atoms with Crippen molar-refractivity contribution in [3.63, 3.8) is 0 Å². The molecule has 0 saturated heterocycles. The normalized spacial score (nSPS) is 12.7. The van der Waals surface area contributed by atoms with Crippen LogP contribution in [0.4, 0.5) is 0 Å². The lowest BCUT2D eigenvalue weighted by Gasteiger charge is -2.08. The largest absolute Gasteiger partial charge is 0.310 e. The number of rotatable bonds is 4. The molecule has 2 rings (SSSR count). The molecule has 0 saturated carbocycles. The van der Waals surface area contributed by atoms with Crippen LogP contribution in [-0.4, -0.2) is 11.5 Å². The van der Waals surface area contributed by atoms with Crippen molar-refractivity contribution < 1.29 is 0 Å². The third-order valence-electron chi connectivity index (χ3n) is 2.62. The van der Waals surface area contributed by atoms with Gasteiger partial charge in [0.15, 0.2) is 0 Å². The summed E-state index contributed by atoms with van der Waals surface area (Å²) in [4.78, 5) is 5.73. The second kappa shape index (κ2) is 6.15. The van der Waals surface area contributed by atoms with Gasteiger partial charge in [0.05, 0.1) is 0 Å². The monoisotopic (exact) mass is 344 g/mol. The molecule has 2 aromatic rings. The second-order valence-electron chi connectivity index (χ2n) is 3.97. The number of nitrogens with one attached hydrogen (secondary N) is 1. The van der Waals surface area contributed by atoms with Gasteiger partial charge in [-0.15, -0.1) is 11.3 Å². The molecule has 0 fully saturated rings. The Morgan fingerprint density at radius 1 is 1.50 bits per heavy atom. The van der Waals surface area contributed by atoms with Crippen molar-refractivity contribution in [3.8, 4) is 10.6 Å². The molecule has 2 nitrogen and oxygen atoms in total. The van der Waals surface area contributed by atoms with E-state index in [1.54, 1.807) is 11.3 Å². The molecule has 1 heterocycles. The highest BCUT2D eigenvalue weighted by Gasteiger charge is 2.12. The summed E-state index contributed by atoms with van der Waals surface area (Å²) in [5.74, 6) is 0. The Kier molecular flexibility index (Phi) is 4.78. The number of hydrogen-bond donors (Lipinski definition) is 1. The first kappa shape index (κ1) is 14.0. The Labute approximate surface area is 125 Å². The van der Waals surface area contributed by atoms with E-state index in [9.17, 15) is 0 Å². The van der Waals surface area contributed by atoms with Crippen molar-refractivity contribution in [1.29, 1.82) is 0 Å². The van der Waals surface area contributed by atoms with Crippen LogP contribution in [0.25, 0.3) is 10.6 Å². The van der Waals surface area contributed by atoms with Gasteiger partial charge >= 0.3 is 0 Å². The maximum absolute atomic E-state index is 5.94. The molecule has 0 bridgehead atoms. The van der Waals surface area contributed by atoms with E-state index >= 15 is 0 Å². The van der Waals surface area contributed by atoms with E-state index in [-0.39, 0.29) is 0 Å². The molecule has 0 aliphatic heterocycles. The van der Waals surface area contributed by atoms with E-state index in [0.717, 1.165) is 26.6 Å². The van der Waals surface area contributed by atoms with Gasteiger partial charge in [-0.1, -0.05) is 34.5 Å². The molecule has 1 unspecified atom stereocenters. The van der Waals surface area contributed by atoms with Gasteiger partial charge in [-0.2, -0.15) is 0 Å². The van der Waals surface area contributed by atoms with Crippen molar-refractivity contribution in [3.05, 3.63) is 38.8 Å². The number of benzene rings is 1. The van der Waals surface area contributed by atoms with Crippen LogP contribution in [0.1, 0.15) is 24.8 Å². The van der Waals surface area contributed by atoms with Crippen molar-refractivity contribution in [2.24, 2.45) is 0 Å². The van der Waals surface area contributed by atoms with E-state index in [1.807, 2.05) is 24.4 Å². The zero-order chi connectivity index (χ0) is 13.1. The van der Waals surface area contributed by atoms with Crippen LogP contribution >= 0.6 is 38.9 Å². The molecular formula is C13H14BrClN2S. The van der Waals surface area contributed by atoms with Gasteiger partial charge in [-0.05, 0) is 31.7 Å². The minimum atomic E-state index is 0.340. The standard InChI is InChI=1S/C13H14BrClN2S/c1-3-16-8(2)12-7-17-13(18-12)10-5-4-9(15)6-11(10)14/h4-8,16H,3H2,1-2H3.